The van der Waals surface area contributed by atoms with Gasteiger partial charge in [0.25, 0.3) is 0 Å². The normalized spacial score (nSPS) is 17.6. The molecule has 1 fully saturated rings. The van der Waals surface area contributed by atoms with E-state index in [0.29, 0.717) is 32.4 Å². The smallest absolute Gasteiger partial charge is 0.410 e. The molecule has 0 unspecified atom stereocenters. The molecule has 24 heavy (non-hydrogen) atoms. The summed E-state index contributed by atoms with van der Waals surface area (Å²) in [6.07, 6.45) is 1.46. The Bertz CT molecular complexity index is 568. The molecule has 0 saturated carbocycles. The van der Waals surface area contributed by atoms with Crippen LogP contribution in [0.25, 0.3) is 0 Å². The van der Waals surface area contributed by atoms with E-state index >= 15 is 0 Å². The van der Waals surface area contributed by atoms with E-state index in [-0.39, 0.29) is 17.8 Å². The number of carboxylic acid groups (broad SMARTS) is 1. The van der Waals surface area contributed by atoms with Gasteiger partial charge in [0.15, 0.2) is 14.6 Å². The molecule has 0 bridgehead atoms. The van der Waals surface area contributed by atoms with Crippen molar-refractivity contribution in [2.24, 2.45) is 5.92 Å². The van der Waals surface area contributed by atoms with Gasteiger partial charge in [-0.2, -0.15) is 0 Å². The average Bonchev–Trinajstić information content (AvgIpc) is 2.43. The van der Waals surface area contributed by atoms with Crippen molar-refractivity contribution in [2.75, 3.05) is 18.8 Å². The van der Waals surface area contributed by atoms with Gasteiger partial charge in [0.05, 0.1) is 5.75 Å². The molecule has 0 spiro atoms. The summed E-state index contributed by atoms with van der Waals surface area (Å²) in [5, 5.41) is 9.07. The van der Waals surface area contributed by atoms with Crippen molar-refractivity contribution in [2.45, 2.75) is 64.2 Å². The number of piperidine rings is 1. The van der Waals surface area contributed by atoms with Gasteiger partial charge in [-0.3, -0.25) is 4.79 Å². The zero-order valence-corrected chi connectivity index (χ0v) is 16.0. The first-order chi connectivity index (χ1) is 10.8. The molecular formula is C16H29NO6S. The van der Waals surface area contributed by atoms with Gasteiger partial charge in [-0.25, -0.2) is 13.2 Å². The molecule has 140 valence electrons. The maximum atomic E-state index is 12.2. The van der Waals surface area contributed by atoms with Crippen LogP contribution in [0.3, 0.4) is 0 Å². The fourth-order valence-electron chi connectivity index (χ4n) is 2.44. The van der Waals surface area contributed by atoms with Crippen molar-refractivity contribution in [3.05, 3.63) is 0 Å². The van der Waals surface area contributed by atoms with Crippen LogP contribution in [0.5, 0.6) is 0 Å². The zero-order valence-electron chi connectivity index (χ0n) is 15.2. The van der Waals surface area contributed by atoms with Crippen molar-refractivity contribution < 1.29 is 27.9 Å². The maximum absolute atomic E-state index is 12.2. The number of hydrogen-bond donors (Lipinski definition) is 1. The van der Waals surface area contributed by atoms with E-state index in [4.69, 9.17) is 9.84 Å². The maximum Gasteiger partial charge on any atom is 0.410 e. The number of nitrogens with zero attached hydrogens (tertiary/aromatic N) is 1. The third kappa shape index (κ3) is 5.36. The molecule has 0 aromatic heterocycles. The minimum atomic E-state index is -3.72. The minimum absolute atomic E-state index is 0.149. The van der Waals surface area contributed by atoms with Crippen LogP contribution in [0, 0.1) is 5.92 Å². The number of sulfone groups is 1. The Kier molecular flexibility index (Phi) is 6.30. The summed E-state index contributed by atoms with van der Waals surface area (Å²) in [4.78, 5) is 24.7. The Balaban J connectivity index is 2.50. The first-order valence-corrected chi connectivity index (χ1v) is 9.85. The lowest BCUT2D eigenvalue weighted by molar-refractivity contribution is -0.139. The predicted octanol–water partition coefficient (Wildman–Crippen LogP) is 2.30. The summed E-state index contributed by atoms with van der Waals surface area (Å²) >= 11 is 0. The summed E-state index contributed by atoms with van der Waals surface area (Å²) < 4.78 is 28.0. The minimum Gasteiger partial charge on any atom is -0.480 e. The van der Waals surface area contributed by atoms with Crippen LogP contribution in [0.4, 0.5) is 4.79 Å². The first kappa shape index (κ1) is 20.7. The molecule has 7 nitrogen and oxygen atoms in total. The highest BCUT2D eigenvalue weighted by Gasteiger charge is 2.41. The number of ether oxygens (including phenoxy) is 1. The highest BCUT2D eigenvalue weighted by atomic mass is 32.2. The molecule has 0 radical (unpaired) electrons. The molecule has 1 amide bonds. The van der Waals surface area contributed by atoms with Gasteiger partial charge >= 0.3 is 12.1 Å². The van der Waals surface area contributed by atoms with Crippen molar-refractivity contribution in [1.29, 1.82) is 0 Å². The molecule has 1 aliphatic rings. The summed E-state index contributed by atoms with van der Waals surface area (Å²) in [5.74, 6) is -1.31. The summed E-state index contributed by atoms with van der Waals surface area (Å²) in [5.41, 5.74) is -0.537. The lowest BCUT2D eigenvalue weighted by atomic mass is 9.95. The molecule has 1 N–H and O–H groups in total. The van der Waals surface area contributed by atoms with E-state index in [1.807, 2.05) is 20.8 Å². The van der Waals surface area contributed by atoms with Crippen LogP contribution in [0.15, 0.2) is 0 Å². The largest absolute Gasteiger partial charge is 0.480 e. The molecule has 0 aromatic rings. The standard InChI is InChI=1S/C16H29NO6S/c1-15(2,3)23-14(20)17-9-6-12(7-10-17)8-11-24(21,22)16(4,5)13(18)19/h12H,6-11H2,1-5H3,(H,18,19). The van der Waals surface area contributed by atoms with Crippen LogP contribution < -0.4 is 0 Å². The molecule has 1 rings (SSSR count). The highest BCUT2D eigenvalue weighted by molar-refractivity contribution is 7.93. The van der Waals surface area contributed by atoms with E-state index in [0.717, 1.165) is 0 Å². The van der Waals surface area contributed by atoms with Crippen molar-refractivity contribution in [3.8, 4) is 0 Å². The van der Waals surface area contributed by atoms with E-state index in [2.05, 4.69) is 0 Å². The number of amides is 1. The Morgan fingerprint density at radius 3 is 2.04 bits per heavy atom. The van der Waals surface area contributed by atoms with Crippen molar-refractivity contribution in [3.63, 3.8) is 0 Å². The van der Waals surface area contributed by atoms with Crippen LogP contribution in [0.2, 0.25) is 0 Å². The average molecular weight is 363 g/mol. The van der Waals surface area contributed by atoms with Gasteiger partial charge in [-0.05, 0) is 59.8 Å². The Labute approximate surface area is 144 Å². The van der Waals surface area contributed by atoms with Crippen molar-refractivity contribution >= 4 is 21.9 Å². The molecular weight excluding hydrogens is 334 g/mol. The fourth-order valence-corrected chi connectivity index (χ4v) is 3.86. The summed E-state index contributed by atoms with van der Waals surface area (Å²) in [6, 6.07) is 0. The van der Waals surface area contributed by atoms with E-state index in [1.54, 1.807) is 4.90 Å². The number of carbonyl (C=O) groups is 2. The van der Waals surface area contributed by atoms with E-state index in [9.17, 15) is 18.0 Å². The quantitative estimate of drug-likeness (QED) is 0.804. The monoisotopic (exact) mass is 363 g/mol. The first-order valence-electron chi connectivity index (χ1n) is 8.20. The van der Waals surface area contributed by atoms with Gasteiger partial charge in [0.2, 0.25) is 0 Å². The van der Waals surface area contributed by atoms with Crippen LogP contribution in [-0.2, 0) is 19.4 Å². The molecule has 0 atom stereocenters. The second-order valence-electron chi connectivity index (χ2n) is 7.83. The Morgan fingerprint density at radius 1 is 1.12 bits per heavy atom. The second kappa shape index (κ2) is 7.29. The van der Waals surface area contributed by atoms with Gasteiger partial charge in [-0.15, -0.1) is 0 Å². The van der Waals surface area contributed by atoms with Gasteiger partial charge in [0, 0.05) is 13.1 Å². The summed E-state index contributed by atoms with van der Waals surface area (Å²) in [7, 11) is -3.72. The topological polar surface area (TPSA) is 101 Å². The Morgan fingerprint density at radius 2 is 1.62 bits per heavy atom. The number of likely N-dealkylation sites (tertiary alicyclic amines) is 1. The van der Waals surface area contributed by atoms with Gasteiger partial charge in [-0.1, -0.05) is 0 Å². The van der Waals surface area contributed by atoms with Gasteiger partial charge < -0.3 is 14.7 Å². The molecule has 1 aliphatic heterocycles. The van der Waals surface area contributed by atoms with Crippen LogP contribution >= 0.6 is 0 Å². The highest BCUT2D eigenvalue weighted by Crippen LogP contribution is 2.25. The summed E-state index contributed by atoms with van der Waals surface area (Å²) in [6.45, 7) is 8.93. The van der Waals surface area contributed by atoms with Gasteiger partial charge in [0.1, 0.15) is 5.60 Å². The van der Waals surface area contributed by atoms with Crippen LogP contribution in [0.1, 0.15) is 53.9 Å². The lowest BCUT2D eigenvalue weighted by Crippen LogP contribution is -2.43. The lowest BCUT2D eigenvalue weighted by Gasteiger charge is -2.33. The number of rotatable bonds is 5. The van der Waals surface area contributed by atoms with Crippen molar-refractivity contribution in [1.82, 2.24) is 4.90 Å². The fraction of sp³-hybridized carbons (Fsp3) is 0.875. The SMILES string of the molecule is CC(C)(C)OC(=O)N1CCC(CCS(=O)(=O)C(C)(C)C(=O)O)CC1. The van der Waals surface area contributed by atoms with Crippen LogP contribution in [-0.4, -0.2) is 59.7 Å². The molecule has 1 saturated heterocycles. The third-order valence-corrected chi connectivity index (χ3v) is 6.86. The van der Waals surface area contributed by atoms with E-state index in [1.165, 1.54) is 13.8 Å². The number of carboxylic acids is 1. The zero-order chi connectivity index (χ0) is 18.8. The number of hydrogen-bond acceptors (Lipinski definition) is 5. The number of carbonyl (C=O) groups excluding carboxylic acids is 1. The third-order valence-electron chi connectivity index (χ3n) is 4.35. The molecule has 1 heterocycles. The Hall–Kier alpha value is -1.31. The molecule has 0 aromatic carbocycles. The van der Waals surface area contributed by atoms with E-state index < -0.39 is 26.2 Å². The molecule has 8 heteroatoms. The second-order valence-corrected chi connectivity index (χ2v) is 10.5. The molecule has 0 aliphatic carbocycles. The predicted molar refractivity (Wildman–Crippen MR) is 90.6 cm³/mol. The number of aliphatic carboxylic acids is 1.